The predicted molar refractivity (Wildman–Crippen MR) is 116 cm³/mol. The third-order valence-electron chi connectivity index (χ3n) is 4.54. The van der Waals surface area contributed by atoms with Crippen LogP contribution in [0.1, 0.15) is 22.3 Å². The highest BCUT2D eigenvalue weighted by atomic mass is 16.5. The molecule has 0 aliphatic rings. The number of nitrogens with one attached hydrogen (secondary N) is 1. The maximum absolute atomic E-state index is 12.9. The fourth-order valence-corrected chi connectivity index (χ4v) is 3.07. The summed E-state index contributed by atoms with van der Waals surface area (Å²) in [6.45, 7) is 1.01. The van der Waals surface area contributed by atoms with Gasteiger partial charge in [0.1, 0.15) is 16.9 Å². The number of carbonyl (C=O) groups excluding carboxylic acids is 1. The Bertz CT molecular complexity index is 1220. The lowest BCUT2D eigenvalue weighted by molar-refractivity contribution is 0.0951. The number of hydrogen-bond acceptors (Lipinski definition) is 7. The minimum atomic E-state index is -0.323. The van der Waals surface area contributed by atoms with Crippen LogP contribution in [0, 0.1) is 0 Å². The maximum Gasteiger partial charge on any atom is 0.257 e. The quantitative estimate of drug-likeness (QED) is 0.361. The first-order valence-electron chi connectivity index (χ1n) is 9.47. The first-order valence-corrected chi connectivity index (χ1v) is 9.47. The van der Waals surface area contributed by atoms with Gasteiger partial charge in [0.05, 0.1) is 17.2 Å². The van der Waals surface area contributed by atoms with Gasteiger partial charge in [-0.1, -0.05) is 12.1 Å². The van der Waals surface area contributed by atoms with Crippen molar-refractivity contribution in [2.75, 3.05) is 26.0 Å². The Labute approximate surface area is 172 Å². The molecular formula is C21H21N7O2. The van der Waals surface area contributed by atoms with Crippen LogP contribution in [0.5, 0.6) is 0 Å². The fraction of sp³-hybridized carbons (Fsp3) is 0.190. The number of methoxy groups -OCH3 is 1. The predicted octanol–water partition coefficient (Wildman–Crippen LogP) is 2.21. The Balaban J connectivity index is 1.81. The van der Waals surface area contributed by atoms with Crippen molar-refractivity contribution in [3.05, 3.63) is 59.9 Å². The van der Waals surface area contributed by atoms with Gasteiger partial charge in [-0.05, 0) is 36.2 Å². The second-order valence-corrected chi connectivity index (χ2v) is 6.58. The van der Waals surface area contributed by atoms with Crippen molar-refractivity contribution < 1.29 is 9.53 Å². The van der Waals surface area contributed by atoms with E-state index in [4.69, 9.17) is 10.5 Å². The van der Waals surface area contributed by atoms with Crippen LogP contribution in [-0.4, -0.2) is 52.0 Å². The van der Waals surface area contributed by atoms with E-state index in [-0.39, 0.29) is 17.3 Å². The van der Waals surface area contributed by atoms with Crippen LogP contribution >= 0.6 is 0 Å². The van der Waals surface area contributed by atoms with Crippen LogP contribution < -0.4 is 11.1 Å². The summed E-state index contributed by atoms with van der Waals surface area (Å²) in [5.74, 6) is -0.147. The molecule has 0 atom stereocenters. The molecule has 30 heavy (non-hydrogen) atoms. The molecular weight excluding hydrogens is 382 g/mol. The highest BCUT2D eigenvalue weighted by molar-refractivity contribution is 6.10. The second-order valence-electron chi connectivity index (χ2n) is 6.58. The lowest BCUT2D eigenvalue weighted by atomic mass is 10.2. The lowest BCUT2D eigenvalue weighted by Gasteiger charge is -2.05. The number of nitrogens with two attached hydrogens (primary N) is 1. The smallest absolute Gasteiger partial charge is 0.257 e. The molecule has 0 fully saturated rings. The van der Waals surface area contributed by atoms with E-state index in [0.717, 1.165) is 5.56 Å². The average molecular weight is 403 g/mol. The number of carbonyl (C=O) groups is 1. The molecule has 3 heterocycles. The highest BCUT2D eigenvalue weighted by Gasteiger charge is 2.23. The zero-order valence-corrected chi connectivity index (χ0v) is 16.4. The monoisotopic (exact) mass is 403 g/mol. The van der Waals surface area contributed by atoms with Crippen molar-refractivity contribution in [2.24, 2.45) is 5.10 Å². The van der Waals surface area contributed by atoms with Crippen molar-refractivity contribution in [1.82, 2.24) is 24.9 Å². The van der Waals surface area contributed by atoms with Gasteiger partial charge in [-0.2, -0.15) is 9.78 Å². The van der Waals surface area contributed by atoms with Gasteiger partial charge in [0.15, 0.2) is 5.65 Å². The molecule has 0 spiro atoms. The number of benzene rings is 1. The molecule has 4 rings (SSSR count). The van der Waals surface area contributed by atoms with Gasteiger partial charge in [0, 0.05) is 32.7 Å². The van der Waals surface area contributed by atoms with E-state index in [2.05, 4.69) is 25.4 Å². The SMILES string of the molecule is COCCCNC(=O)c1c(N)n(N=Cc2ccncc2)c2nc3ccccc3nc12. The molecule has 0 saturated heterocycles. The van der Waals surface area contributed by atoms with Gasteiger partial charge in [-0.15, -0.1) is 0 Å². The number of hydrogen-bond donors (Lipinski definition) is 2. The number of rotatable bonds is 7. The Morgan fingerprint density at radius 1 is 1.20 bits per heavy atom. The molecule has 3 N–H and O–H groups in total. The number of anilines is 1. The maximum atomic E-state index is 12.9. The third kappa shape index (κ3) is 3.83. The molecule has 0 saturated carbocycles. The summed E-state index contributed by atoms with van der Waals surface area (Å²) in [7, 11) is 1.62. The largest absolute Gasteiger partial charge is 0.385 e. The second kappa shape index (κ2) is 8.66. The van der Waals surface area contributed by atoms with E-state index in [1.807, 2.05) is 36.4 Å². The standard InChI is InChI=1S/C21H21N7O2/c1-30-12-4-9-24-21(29)17-18-20(27-16-6-3-2-5-15(16)26-18)28(19(17)22)25-13-14-7-10-23-11-8-14/h2-3,5-8,10-11,13H,4,9,12,22H2,1H3,(H,24,29). The number of ether oxygens (including phenoxy) is 1. The van der Waals surface area contributed by atoms with Crippen LogP contribution in [-0.2, 0) is 4.74 Å². The highest BCUT2D eigenvalue weighted by Crippen LogP contribution is 2.27. The van der Waals surface area contributed by atoms with Gasteiger partial charge in [0.2, 0.25) is 0 Å². The van der Waals surface area contributed by atoms with E-state index in [0.29, 0.717) is 41.8 Å². The summed E-state index contributed by atoms with van der Waals surface area (Å²) < 4.78 is 6.47. The fourth-order valence-electron chi connectivity index (χ4n) is 3.07. The summed E-state index contributed by atoms with van der Waals surface area (Å²) >= 11 is 0. The summed E-state index contributed by atoms with van der Waals surface area (Å²) in [6.07, 6.45) is 5.67. The zero-order chi connectivity index (χ0) is 20.9. The van der Waals surface area contributed by atoms with E-state index >= 15 is 0 Å². The third-order valence-corrected chi connectivity index (χ3v) is 4.54. The van der Waals surface area contributed by atoms with Crippen molar-refractivity contribution in [1.29, 1.82) is 0 Å². The Kier molecular flexibility index (Phi) is 5.62. The Morgan fingerprint density at radius 3 is 2.67 bits per heavy atom. The molecule has 0 aliphatic heterocycles. The molecule has 4 aromatic rings. The van der Waals surface area contributed by atoms with Gasteiger partial charge < -0.3 is 15.8 Å². The Morgan fingerprint density at radius 2 is 1.93 bits per heavy atom. The topological polar surface area (TPSA) is 120 Å². The normalized spacial score (nSPS) is 11.5. The molecule has 3 aromatic heterocycles. The number of fused-ring (bicyclic) bond motifs is 2. The van der Waals surface area contributed by atoms with Crippen LogP contribution in [0.2, 0.25) is 0 Å². The molecule has 0 aliphatic carbocycles. The van der Waals surface area contributed by atoms with Crippen LogP contribution in [0.25, 0.3) is 22.2 Å². The molecule has 0 radical (unpaired) electrons. The van der Waals surface area contributed by atoms with E-state index in [1.165, 1.54) is 4.68 Å². The molecule has 9 heteroatoms. The molecule has 1 amide bonds. The number of nitrogen functional groups attached to an aromatic ring is 1. The van der Waals surface area contributed by atoms with Crippen molar-refractivity contribution >= 4 is 40.1 Å². The zero-order valence-electron chi connectivity index (χ0n) is 16.4. The van der Waals surface area contributed by atoms with Crippen molar-refractivity contribution in [3.63, 3.8) is 0 Å². The number of nitrogens with zero attached hydrogens (tertiary/aromatic N) is 5. The summed E-state index contributed by atoms with van der Waals surface area (Å²) in [5.41, 5.74) is 9.63. The van der Waals surface area contributed by atoms with Crippen molar-refractivity contribution in [3.8, 4) is 0 Å². The van der Waals surface area contributed by atoms with Gasteiger partial charge in [-0.3, -0.25) is 9.78 Å². The number of pyridine rings is 1. The van der Waals surface area contributed by atoms with Crippen LogP contribution in [0.3, 0.4) is 0 Å². The Hall–Kier alpha value is -3.85. The molecule has 152 valence electrons. The molecule has 0 unspecified atom stereocenters. The number of aromatic nitrogens is 4. The minimum absolute atomic E-state index is 0.176. The molecule has 9 nitrogen and oxygen atoms in total. The van der Waals surface area contributed by atoms with Crippen LogP contribution in [0.15, 0.2) is 53.9 Å². The van der Waals surface area contributed by atoms with Gasteiger partial charge in [0.25, 0.3) is 5.91 Å². The summed E-state index contributed by atoms with van der Waals surface area (Å²) in [4.78, 5) is 26.2. The summed E-state index contributed by atoms with van der Waals surface area (Å²) in [6, 6.07) is 11.1. The number of amides is 1. The van der Waals surface area contributed by atoms with Gasteiger partial charge >= 0.3 is 0 Å². The lowest BCUT2D eigenvalue weighted by Crippen LogP contribution is -2.26. The first kappa shape index (κ1) is 19.5. The average Bonchev–Trinajstić information content (AvgIpc) is 3.04. The minimum Gasteiger partial charge on any atom is -0.385 e. The summed E-state index contributed by atoms with van der Waals surface area (Å²) in [5, 5.41) is 7.32. The van der Waals surface area contributed by atoms with E-state index < -0.39 is 0 Å². The molecule has 1 aromatic carbocycles. The van der Waals surface area contributed by atoms with Crippen LogP contribution in [0.4, 0.5) is 5.82 Å². The number of para-hydroxylation sites is 2. The van der Waals surface area contributed by atoms with E-state index in [1.54, 1.807) is 25.7 Å². The van der Waals surface area contributed by atoms with E-state index in [9.17, 15) is 4.79 Å². The molecule has 0 bridgehead atoms. The van der Waals surface area contributed by atoms with Gasteiger partial charge in [-0.25, -0.2) is 9.97 Å². The first-order chi connectivity index (χ1) is 14.7. The van der Waals surface area contributed by atoms with Crippen molar-refractivity contribution in [2.45, 2.75) is 6.42 Å².